The third kappa shape index (κ3) is 5.50. The molecule has 4 nitrogen and oxygen atoms in total. The van der Waals surface area contributed by atoms with Crippen LogP contribution in [0.4, 0.5) is 11.4 Å². The molecule has 164 valence electrons. The van der Waals surface area contributed by atoms with Gasteiger partial charge in [0.25, 0.3) is 0 Å². The number of nitrogens with zero attached hydrogens (tertiary/aromatic N) is 3. The summed E-state index contributed by atoms with van der Waals surface area (Å²) in [5, 5.41) is 12.3. The van der Waals surface area contributed by atoms with Crippen LogP contribution in [0.25, 0.3) is 21.7 Å². The van der Waals surface area contributed by atoms with E-state index in [1.54, 1.807) is 6.20 Å². The maximum Gasteiger partial charge on any atom is 0.145 e. The summed E-state index contributed by atoms with van der Waals surface area (Å²) in [4.78, 5) is 4.57. The van der Waals surface area contributed by atoms with E-state index in [-0.39, 0.29) is 0 Å². The van der Waals surface area contributed by atoms with Crippen LogP contribution in [0.5, 0.6) is 5.75 Å². The van der Waals surface area contributed by atoms with Crippen molar-refractivity contribution >= 4 is 33.1 Å². The molecule has 0 saturated carbocycles. The number of ether oxygens (including phenoxy) is 1. The normalized spacial score (nSPS) is 11.5. The molecule has 4 heteroatoms. The molecule has 0 fully saturated rings. The average molecular weight is 426 g/mol. The minimum Gasteiger partial charge on any atom is -0.491 e. The Kier molecular flexibility index (Phi) is 7.80. The number of hydrogen-bond acceptors (Lipinski definition) is 4. The Morgan fingerprint density at radius 1 is 0.688 bits per heavy atom. The second-order valence-electron chi connectivity index (χ2n) is 8.15. The monoisotopic (exact) mass is 425 g/mol. The van der Waals surface area contributed by atoms with Gasteiger partial charge in [0.2, 0.25) is 0 Å². The molecule has 0 saturated heterocycles. The van der Waals surface area contributed by atoms with Crippen LogP contribution >= 0.6 is 0 Å². The lowest BCUT2D eigenvalue weighted by molar-refractivity contribution is 0.307. The lowest BCUT2D eigenvalue weighted by Crippen LogP contribution is -1.98. The first kappa shape index (κ1) is 21.9. The molecule has 1 heterocycles. The first-order chi connectivity index (χ1) is 15.9. The highest BCUT2D eigenvalue weighted by Gasteiger charge is 2.08. The van der Waals surface area contributed by atoms with Gasteiger partial charge in [0.15, 0.2) is 0 Å². The predicted octanol–water partition coefficient (Wildman–Crippen LogP) is 8.93. The number of pyridine rings is 1. The third-order valence-corrected chi connectivity index (χ3v) is 5.75. The summed E-state index contributed by atoms with van der Waals surface area (Å²) in [5.74, 6) is 0.815. The lowest BCUT2D eigenvalue weighted by Gasteiger charge is -2.10. The van der Waals surface area contributed by atoms with Crippen molar-refractivity contribution in [2.24, 2.45) is 10.2 Å². The van der Waals surface area contributed by atoms with Gasteiger partial charge in [-0.1, -0.05) is 81.8 Å². The van der Waals surface area contributed by atoms with Crippen LogP contribution in [0.2, 0.25) is 0 Å². The summed E-state index contributed by atoms with van der Waals surface area (Å²) in [7, 11) is 0. The first-order valence-corrected chi connectivity index (χ1v) is 11.8. The average Bonchev–Trinajstić information content (AvgIpc) is 2.85. The minimum absolute atomic E-state index is 0.719. The van der Waals surface area contributed by atoms with Gasteiger partial charge in [-0.3, -0.25) is 4.98 Å². The molecular formula is C28H31N3O. The van der Waals surface area contributed by atoms with Crippen LogP contribution in [-0.4, -0.2) is 11.6 Å². The van der Waals surface area contributed by atoms with E-state index in [4.69, 9.17) is 4.74 Å². The van der Waals surface area contributed by atoms with Gasteiger partial charge in [0.1, 0.15) is 11.3 Å². The SMILES string of the molecule is CCCCCCCCCOc1ccc(N=Nc2cccc3ccccc23)c2cccnc12. The van der Waals surface area contributed by atoms with Gasteiger partial charge >= 0.3 is 0 Å². The van der Waals surface area contributed by atoms with Gasteiger partial charge in [0.05, 0.1) is 18.0 Å². The molecule has 1 aromatic heterocycles. The summed E-state index contributed by atoms with van der Waals surface area (Å²) in [5.41, 5.74) is 2.49. The molecule has 0 aliphatic carbocycles. The summed E-state index contributed by atoms with van der Waals surface area (Å²) < 4.78 is 6.09. The number of benzene rings is 3. The van der Waals surface area contributed by atoms with Gasteiger partial charge in [0, 0.05) is 17.0 Å². The fourth-order valence-electron chi connectivity index (χ4n) is 3.98. The van der Waals surface area contributed by atoms with E-state index in [0.29, 0.717) is 0 Å². The first-order valence-electron chi connectivity index (χ1n) is 11.8. The predicted molar refractivity (Wildman–Crippen MR) is 133 cm³/mol. The molecule has 0 bridgehead atoms. The van der Waals surface area contributed by atoms with E-state index in [2.05, 4.69) is 40.3 Å². The summed E-state index contributed by atoms with van der Waals surface area (Å²) in [6.07, 6.45) is 10.7. The summed E-state index contributed by atoms with van der Waals surface area (Å²) in [6, 6.07) is 22.2. The van der Waals surface area contributed by atoms with Crippen LogP contribution in [0, 0.1) is 0 Å². The Morgan fingerprint density at radius 2 is 1.41 bits per heavy atom. The summed E-state index contributed by atoms with van der Waals surface area (Å²) >= 11 is 0. The van der Waals surface area contributed by atoms with E-state index in [1.807, 2.05) is 48.5 Å². The van der Waals surface area contributed by atoms with Crippen molar-refractivity contribution in [1.29, 1.82) is 0 Å². The molecule has 0 aliphatic rings. The molecule has 32 heavy (non-hydrogen) atoms. The fourth-order valence-corrected chi connectivity index (χ4v) is 3.98. The fraction of sp³-hybridized carbons (Fsp3) is 0.321. The van der Waals surface area contributed by atoms with E-state index in [1.165, 1.54) is 38.5 Å². The zero-order valence-corrected chi connectivity index (χ0v) is 18.8. The van der Waals surface area contributed by atoms with Crippen molar-refractivity contribution in [2.45, 2.75) is 51.9 Å². The molecule has 4 aromatic rings. The van der Waals surface area contributed by atoms with Gasteiger partial charge < -0.3 is 4.74 Å². The number of unbranched alkanes of at least 4 members (excludes halogenated alkanes) is 6. The van der Waals surface area contributed by atoms with Crippen molar-refractivity contribution in [3.63, 3.8) is 0 Å². The smallest absolute Gasteiger partial charge is 0.145 e. The molecule has 0 spiro atoms. The highest BCUT2D eigenvalue weighted by Crippen LogP contribution is 2.34. The number of aromatic nitrogens is 1. The van der Waals surface area contributed by atoms with Gasteiger partial charge in [-0.15, -0.1) is 10.2 Å². The molecule has 3 aromatic carbocycles. The lowest BCUT2D eigenvalue weighted by atomic mass is 10.1. The quantitative estimate of drug-likeness (QED) is 0.178. The molecule has 0 unspecified atom stereocenters. The van der Waals surface area contributed by atoms with Crippen molar-refractivity contribution < 1.29 is 4.74 Å². The van der Waals surface area contributed by atoms with Crippen molar-refractivity contribution in [1.82, 2.24) is 4.98 Å². The highest BCUT2D eigenvalue weighted by molar-refractivity contribution is 5.94. The molecule has 0 aliphatic heterocycles. The molecular weight excluding hydrogens is 394 g/mol. The van der Waals surface area contributed by atoms with E-state index >= 15 is 0 Å². The Labute approximate surface area is 190 Å². The van der Waals surface area contributed by atoms with Crippen molar-refractivity contribution in [2.75, 3.05) is 6.61 Å². The Hall–Kier alpha value is -3.27. The van der Waals surface area contributed by atoms with E-state index in [9.17, 15) is 0 Å². The van der Waals surface area contributed by atoms with Gasteiger partial charge in [-0.2, -0.15) is 0 Å². The number of rotatable bonds is 11. The highest BCUT2D eigenvalue weighted by atomic mass is 16.5. The maximum atomic E-state index is 6.09. The number of hydrogen-bond donors (Lipinski definition) is 0. The zero-order valence-electron chi connectivity index (χ0n) is 18.8. The topological polar surface area (TPSA) is 46.8 Å². The van der Waals surface area contributed by atoms with E-state index in [0.717, 1.165) is 51.8 Å². The minimum atomic E-state index is 0.719. The van der Waals surface area contributed by atoms with E-state index < -0.39 is 0 Å². The molecule has 0 radical (unpaired) electrons. The van der Waals surface area contributed by atoms with Crippen LogP contribution in [0.1, 0.15) is 51.9 Å². The molecule has 0 amide bonds. The number of fused-ring (bicyclic) bond motifs is 2. The van der Waals surface area contributed by atoms with Crippen LogP contribution in [0.15, 0.2) is 83.2 Å². The standard InChI is InChI=1S/C28H31N3O/c1-2-3-4-5-6-7-10-21-32-27-19-18-26(24-16-12-20-29-28(24)27)31-30-25-17-11-14-22-13-8-9-15-23(22)25/h8-9,11-20H,2-7,10,21H2,1H3. The van der Waals surface area contributed by atoms with Gasteiger partial charge in [-0.05, 0) is 42.1 Å². The second-order valence-corrected chi connectivity index (χ2v) is 8.15. The number of azo groups is 1. The zero-order chi connectivity index (χ0) is 22.0. The Balaban J connectivity index is 1.46. The largest absolute Gasteiger partial charge is 0.491 e. The summed E-state index contributed by atoms with van der Waals surface area (Å²) in [6.45, 7) is 2.97. The maximum absolute atomic E-state index is 6.09. The Morgan fingerprint density at radius 3 is 2.28 bits per heavy atom. The van der Waals surface area contributed by atoms with Crippen LogP contribution in [0.3, 0.4) is 0 Å². The Bertz CT molecular complexity index is 1180. The van der Waals surface area contributed by atoms with Gasteiger partial charge in [-0.25, -0.2) is 0 Å². The van der Waals surface area contributed by atoms with Crippen LogP contribution < -0.4 is 4.74 Å². The third-order valence-electron chi connectivity index (χ3n) is 5.75. The van der Waals surface area contributed by atoms with Crippen molar-refractivity contribution in [3.8, 4) is 5.75 Å². The molecule has 0 atom stereocenters. The molecule has 4 rings (SSSR count). The molecule has 0 N–H and O–H groups in total. The van der Waals surface area contributed by atoms with Crippen molar-refractivity contribution in [3.05, 3.63) is 72.9 Å². The second kappa shape index (κ2) is 11.4. The van der Waals surface area contributed by atoms with Crippen LogP contribution in [-0.2, 0) is 0 Å².